The van der Waals surface area contributed by atoms with Gasteiger partial charge in [-0.2, -0.15) is 0 Å². The van der Waals surface area contributed by atoms with E-state index in [9.17, 15) is 4.79 Å². The molecular formula is C35H43N3O3. The molecule has 0 bridgehead atoms. The molecule has 5 rings (SSSR count). The van der Waals surface area contributed by atoms with Crippen molar-refractivity contribution >= 4 is 16.8 Å². The Bertz CT molecular complexity index is 1430. The van der Waals surface area contributed by atoms with Crippen molar-refractivity contribution in [1.82, 2.24) is 14.8 Å². The fourth-order valence-electron chi connectivity index (χ4n) is 5.67. The molecule has 0 unspecified atom stereocenters. The minimum atomic E-state index is -0.0607. The minimum absolute atomic E-state index is 0.0607. The first-order valence-corrected chi connectivity index (χ1v) is 14.7. The van der Waals surface area contributed by atoms with Gasteiger partial charge in [0.15, 0.2) is 0 Å². The summed E-state index contributed by atoms with van der Waals surface area (Å²) in [7, 11) is 1.69. The van der Waals surface area contributed by atoms with E-state index in [1.807, 2.05) is 12.1 Å². The number of nitrogens with zero attached hydrogens (tertiary/aromatic N) is 2. The van der Waals surface area contributed by atoms with Gasteiger partial charge >= 0.3 is 0 Å². The van der Waals surface area contributed by atoms with E-state index >= 15 is 0 Å². The molecule has 0 saturated carbocycles. The number of fused-ring (bicyclic) bond motifs is 1. The third-order valence-corrected chi connectivity index (χ3v) is 8.13. The maximum atomic E-state index is 13.4. The molecule has 1 saturated heterocycles. The Labute approximate surface area is 244 Å². The van der Waals surface area contributed by atoms with E-state index in [1.165, 1.54) is 27.6 Å². The van der Waals surface area contributed by atoms with Crippen LogP contribution in [0.2, 0.25) is 0 Å². The first-order chi connectivity index (χ1) is 19.8. The van der Waals surface area contributed by atoms with E-state index in [-0.39, 0.29) is 17.2 Å². The highest BCUT2D eigenvalue weighted by atomic mass is 16.5. The molecule has 6 nitrogen and oxygen atoms in total. The maximum Gasteiger partial charge on any atom is 0.220 e. The van der Waals surface area contributed by atoms with Gasteiger partial charge in [0, 0.05) is 62.2 Å². The first-order valence-electron chi connectivity index (χ1n) is 14.7. The summed E-state index contributed by atoms with van der Waals surface area (Å²) in [6.45, 7) is 12.3. The molecule has 6 heteroatoms. The lowest BCUT2D eigenvalue weighted by Gasteiger charge is -2.26. The molecular weight excluding hydrogens is 510 g/mol. The number of ether oxygens (including phenoxy) is 2. The van der Waals surface area contributed by atoms with Gasteiger partial charge in [-0.05, 0) is 45.9 Å². The fraction of sp³-hybridized carbons (Fsp3) is 0.400. The van der Waals surface area contributed by atoms with Crippen LogP contribution in [0.25, 0.3) is 10.9 Å². The Morgan fingerprint density at radius 1 is 0.976 bits per heavy atom. The monoisotopic (exact) mass is 553 g/mol. The van der Waals surface area contributed by atoms with Crippen LogP contribution in [-0.4, -0.2) is 61.9 Å². The smallest absolute Gasteiger partial charge is 0.220 e. The summed E-state index contributed by atoms with van der Waals surface area (Å²) in [5, 5.41) is 4.39. The van der Waals surface area contributed by atoms with Crippen molar-refractivity contribution in [3.8, 4) is 5.75 Å². The number of nitrogens with one attached hydrogen (secondary N) is 1. The van der Waals surface area contributed by atoms with Crippen LogP contribution >= 0.6 is 0 Å². The predicted octanol–water partition coefficient (Wildman–Crippen LogP) is 5.97. The van der Waals surface area contributed by atoms with Crippen molar-refractivity contribution in [2.24, 2.45) is 0 Å². The van der Waals surface area contributed by atoms with E-state index in [2.05, 4.69) is 102 Å². The Morgan fingerprint density at radius 3 is 2.37 bits per heavy atom. The molecule has 0 radical (unpaired) electrons. The number of carbonyl (C=O) groups excluding carboxylic acids is 1. The number of morpholine rings is 1. The summed E-state index contributed by atoms with van der Waals surface area (Å²) in [5.74, 6) is 0.870. The van der Waals surface area contributed by atoms with Gasteiger partial charge in [0.2, 0.25) is 5.91 Å². The number of amides is 1. The van der Waals surface area contributed by atoms with Crippen LogP contribution < -0.4 is 10.1 Å². The second kappa shape index (κ2) is 12.9. The number of rotatable bonds is 10. The Morgan fingerprint density at radius 2 is 1.68 bits per heavy atom. The number of benzene rings is 3. The molecule has 2 heterocycles. The zero-order valence-electron chi connectivity index (χ0n) is 24.9. The lowest BCUT2D eigenvalue weighted by Crippen LogP contribution is -2.41. The molecule has 1 aliphatic rings. The summed E-state index contributed by atoms with van der Waals surface area (Å²) in [6.07, 6.45) is 2.65. The van der Waals surface area contributed by atoms with Crippen LogP contribution in [0.4, 0.5) is 0 Å². The summed E-state index contributed by atoms with van der Waals surface area (Å²) in [6, 6.07) is 25.6. The summed E-state index contributed by atoms with van der Waals surface area (Å²) in [5.41, 5.74) is 6.07. The molecule has 216 valence electrons. The van der Waals surface area contributed by atoms with E-state index in [0.29, 0.717) is 13.0 Å². The Balaban J connectivity index is 1.44. The highest BCUT2D eigenvalue weighted by Gasteiger charge is 2.24. The van der Waals surface area contributed by atoms with E-state index in [4.69, 9.17) is 9.47 Å². The fourth-order valence-corrected chi connectivity index (χ4v) is 5.67. The highest BCUT2D eigenvalue weighted by molar-refractivity contribution is 5.86. The molecule has 1 atom stereocenters. The van der Waals surface area contributed by atoms with Crippen LogP contribution in [-0.2, 0) is 21.5 Å². The lowest BCUT2D eigenvalue weighted by atomic mass is 9.83. The molecule has 1 fully saturated rings. The Hall–Kier alpha value is -3.61. The van der Waals surface area contributed by atoms with Crippen LogP contribution in [0.3, 0.4) is 0 Å². The van der Waals surface area contributed by atoms with Crippen molar-refractivity contribution in [3.05, 3.63) is 101 Å². The SMILES string of the molecule is COc1ccc(Cn2cc([C@H](CC(=O)NCCN3CCOCC3)c3ccc(C(C)(C)C)cc3)c3ccccc32)cc1. The predicted molar refractivity (Wildman–Crippen MR) is 166 cm³/mol. The summed E-state index contributed by atoms with van der Waals surface area (Å²) in [4.78, 5) is 15.7. The van der Waals surface area contributed by atoms with Crippen LogP contribution in [0.5, 0.6) is 5.75 Å². The van der Waals surface area contributed by atoms with Crippen molar-refractivity contribution in [3.63, 3.8) is 0 Å². The second-order valence-electron chi connectivity index (χ2n) is 12.0. The highest BCUT2D eigenvalue weighted by Crippen LogP contribution is 2.36. The number of para-hydroxylation sites is 1. The Kier molecular flexibility index (Phi) is 9.11. The molecule has 3 aromatic carbocycles. The standard InChI is InChI=1S/C35H43N3O3/c1-35(2,3)28-13-11-27(12-14-28)31(23-34(39)36-17-18-37-19-21-41-22-20-37)32-25-38(33-8-6-5-7-30(32)33)24-26-9-15-29(40-4)16-10-26/h5-16,25,31H,17-24H2,1-4H3,(H,36,39)/t31-/m1/s1. The van der Waals surface area contributed by atoms with Gasteiger partial charge < -0.3 is 19.4 Å². The topological polar surface area (TPSA) is 55.7 Å². The molecule has 1 amide bonds. The van der Waals surface area contributed by atoms with E-state index in [1.54, 1.807) is 7.11 Å². The number of aromatic nitrogens is 1. The first kappa shape index (κ1) is 28.9. The zero-order chi connectivity index (χ0) is 28.8. The largest absolute Gasteiger partial charge is 0.497 e. The van der Waals surface area contributed by atoms with Gasteiger partial charge in [-0.25, -0.2) is 0 Å². The van der Waals surface area contributed by atoms with Crippen LogP contribution in [0, 0.1) is 0 Å². The number of hydrogen-bond acceptors (Lipinski definition) is 4. The molecule has 4 aromatic rings. The van der Waals surface area contributed by atoms with Gasteiger partial charge in [-0.3, -0.25) is 9.69 Å². The molecule has 41 heavy (non-hydrogen) atoms. The van der Waals surface area contributed by atoms with Gasteiger partial charge in [0.05, 0.1) is 20.3 Å². The molecule has 0 spiro atoms. The molecule has 1 N–H and O–H groups in total. The third kappa shape index (κ3) is 7.19. The van der Waals surface area contributed by atoms with E-state index < -0.39 is 0 Å². The van der Waals surface area contributed by atoms with Crippen LogP contribution in [0.1, 0.15) is 55.4 Å². The van der Waals surface area contributed by atoms with E-state index in [0.717, 1.165) is 50.7 Å². The summed E-state index contributed by atoms with van der Waals surface area (Å²) < 4.78 is 13.1. The number of methoxy groups -OCH3 is 1. The maximum absolute atomic E-state index is 13.4. The minimum Gasteiger partial charge on any atom is -0.497 e. The normalized spacial score (nSPS) is 15.1. The second-order valence-corrected chi connectivity index (χ2v) is 12.0. The van der Waals surface area contributed by atoms with Gasteiger partial charge in [-0.15, -0.1) is 0 Å². The van der Waals surface area contributed by atoms with Gasteiger partial charge in [-0.1, -0.05) is 75.4 Å². The number of hydrogen-bond donors (Lipinski definition) is 1. The van der Waals surface area contributed by atoms with Crippen molar-refractivity contribution in [1.29, 1.82) is 0 Å². The molecule has 0 aliphatic carbocycles. The summed E-state index contributed by atoms with van der Waals surface area (Å²) >= 11 is 0. The van der Waals surface area contributed by atoms with Crippen molar-refractivity contribution in [2.45, 2.75) is 45.1 Å². The van der Waals surface area contributed by atoms with Crippen molar-refractivity contribution in [2.75, 3.05) is 46.5 Å². The average molecular weight is 554 g/mol. The lowest BCUT2D eigenvalue weighted by molar-refractivity contribution is -0.121. The quantitative estimate of drug-likeness (QED) is 0.263. The zero-order valence-corrected chi connectivity index (χ0v) is 24.9. The average Bonchev–Trinajstić information content (AvgIpc) is 3.34. The van der Waals surface area contributed by atoms with Crippen molar-refractivity contribution < 1.29 is 14.3 Å². The number of carbonyl (C=O) groups is 1. The van der Waals surface area contributed by atoms with Gasteiger partial charge in [0.1, 0.15) is 5.75 Å². The third-order valence-electron chi connectivity index (χ3n) is 8.13. The molecule has 1 aromatic heterocycles. The van der Waals surface area contributed by atoms with Crippen LogP contribution in [0.15, 0.2) is 79.0 Å². The van der Waals surface area contributed by atoms with Gasteiger partial charge in [0.25, 0.3) is 0 Å². The molecule has 1 aliphatic heterocycles.